The first-order valence-corrected chi connectivity index (χ1v) is 8.87. The summed E-state index contributed by atoms with van der Waals surface area (Å²) in [5.74, 6) is -0.692. The van der Waals surface area contributed by atoms with Crippen molar-refractivity contribution in [2.75, 3.05) is 20.3 Å². The van der Waals surface area contributed by atoms with Crippen LogP contribution in [0.5, 0.6) is 0 Å². The number of amides is 2. The molecule has 0 spiro atoms. The Kier molecular flexibility index (Phi) is 5.64. The summed E-state index contributed by atoms with van der Waals surface area (Å²) in [6.45, 7) is 1.80. The smallest absolute Gasteiger partial charge is 0.416 e. The number of allylic oxidation sites excluding steroid dienone is 1. The monoisotopic (exact) mass is 398 g/mol. The second kappa shape index (κ2) is 7.83. The topological polar surface area (TPSA) is 67.9 Å². The van der Waals surface area contributed by atoms with E-state index in [2.05, 4.69) is 5.32 Å². The van der Waals surface area contributed by atoms with E-state index in [1.807, 2.05) is 0 Å². The molecule has 1 aliphatic heterocycles. The van der Waals surface area contributed by atoms with Gasteiger partial charge in [-0.15, -0.1) is 0 Å². The van der Waals surface area contributed by atoms with Crippen molar-refractivity contribution >= 4 is 12.0 Å². The van der Waals surface area contributed by atoms with Gasteiger partial charge in [0.1, 0.15) is 6.61 Å². The highest BCUT2D eigenvalue weighted by Crippen LogP contribution is 2.39. The first kappa shape index (κ1) is 20.2. The van der Waals surface area contributed by atoms with Crippen LogP contribution in [-0.2, 0) is 20.4 Å². The van der Waals surface area contributed by atoms with Crippen LogP contribution in [0.15, 0.2) is 35.5 Å². The molecule has 1 unspecified atom stereocenters. The van der Waals surface area contributed by atoms with Crippen LogP contribution in [0.4, 0.5) is 18.0 Å². The first-order valence-electron chi connectivity index (χ1n) is 8.87. The number of halogens is 3. The zero-order chi connectivity index (χ0) is 20.5. The number of urea groups is 1. The molecule has 1 aliphatic carbocycles. The minimum Gasteiger partial charge on any atom is -0.460 e. The Balaban J connectivity index is 2.00. The van der Waals surface area contributed by atoms with Crippen LogP contribution in [0.3, 0.4) is 0 Å². The Morgan fingerprint density at radius 3 is 2.61 bits per heavy atom. The maximum Gasteiger partial charge on any atom is 0.416 e. The summed E-state index contributed by atoms with van der Waals surface area (Å²) in [5, 5.41) is 2.66. The number of hydrogen-bond donors (Lipinski definition) is 1. The minimum absolute atomic E-state index is 0.00119. The number of rotatable bonds is 6. The number of nitrogens with one attached hydrogen (secondary N) is 1. The molecule has 1 N–H and O–H groups in total. The number of benzene rings is 1. The van der Waals surface area contributed by atoms with Gasteiger partial charge in [0.25, 0.3) is 0 Å². The van der Waals surface area contributed by atoms with E-state index >= 15 is 0 Å². The van der Waals surface area contributed by atoms with Gasteiger partial charge in [-0.25, -0.2) is 9.59 Å². The summed E-state index contributed by atoms with van der Waals surface area (Å²) in [6.07, 6.45) is -2.91. The van der Waals surface area contributed by atoms with E-state index in [0.717, 1.165) is 25.0 Å². The van der Waals surface area contributed by atoms with Gasteiger partial charge >= 0.3 is 18.2 Å². The summed E-state index contributed by atoms with van der Waals surface area (Å²) in [5.41, 5.74) is -0.164. The average Bonchev–Trinajstić information content (AvgIpc) is 3.45. The molecule has 28 heavy (non-hydrogen) atoms. The normalized spacial score (nSPS) is 20.2. The lowest BCUT2D eigenvalue weighted by atomic mass is 9.93. The number of methoxy groups -OCH3 is 1. The van der Waals surface area contributed by atoms with Gasteiger partial charge in [-0.1, -0.05) is 12.1 Å². The molecule has 1 heterocycles. The van der Waals surface area contributed by atoms with E-state index in [9.17, 15) is 22.8 Å². The lowest BCUT2D eigenvalue weighted by molar-refractivity contribution is -0.141. The van der Waals surface area contributed by atoms with Crippen LogP contribution in [0.1, 0.15) is 36.9 Å². The minimum atomic E-state index is -4.54. The molecule has 6 nitrogen and oxygen atoms in total. The van der Waals surface area contributed by atoms with Crippen molar-refractivity contribution in [3.63, 3.8) is 0 Å². The zero-order valence-corrected chi connectivity index (χ0v) is 15.5. The van der Waals surface area contributed by atoms with Crippen LogP contribution in [0.25, 0.3) is 0 Å². The molecule has 2 amide bonds. The second-order valence-electron chi connectivity index (χ2n) is 6.73. The molecular weight excluding hydrogens is 377 g/mol. The molecule has 3 rings (SSSR count). The highest BCUT2D eigenvalue weighted by atomic mass is 19.4. The number of hydrogen-bond acceptors (Lipinski definition) is 4. The van der Waals surface area contributed by atoms with Gasteiger partial charge in [-0.05, 0) is 37.5 Å². The fraction of sp³-hybridized carbons (Fsp3) is 0.474. The third-order valence-corrected chi connectivity index (χ3v) is 4.73. The van der Waals surface area contributed by atoms with Crippen LogP contribution < -0.4 is 5.32 Å². The SMILES string of the molecule is COCCOC(=O)C1=C(C)N(C2CC2)C(=O)NC1c1cccc(C(F)(F)F)c1. The van der Waals surface area contributed by atoms with Crippen molar-refractivity contribution in [3.8, 4) is 0 Å². The van der Waals surface area contributed by atoms with Crippen molar-refractivity contribution in [2.45, 2.75) is 38.0 Å². The lowest BCUT2D eigenvalue weighted by Gasteiger charge is -2.35. The van der Waals surface area contributed by atoms with Gasteiger partial charge in [0.05, 0.1) is 23.8 Å². The van der Waals surface area contributed by atoms with Gasteiger partial charge in [-0.3, -0.25) is 4.90 Å². The van der Waals surface area contributed by atoms with E-state index in [0.29, 0.717) is 5.70 Å². The molecule has 1 fully saturated rings. The van der Waals surface area contributed by atoms with E-state index in [1.165, 1.54) is 24.1 Å². The predicted molar refractivity (Wildman–Crippen MR) is 93.1 cm³/mol. The van der Waals surface area contributed by atoms with Gasteiger partial charge in [0.2, 0.25) is 0 Å². The Morgan fingerprint density at radius 1 is 1.29 bits per heavy atom. The molecule has 1 aromatic carbocycles. The highest BCUT2D eigenvalue weighted by molar-refractivity contribution is 5.95. The summed E-state index contributed by atoms with van der Waals surface area (Å²) in [6, 6.07) is 3.11. The maximum absolute atomic E-state index is 13.1. The summed E-state index contributed by atoms with van der Waals surface area (Å²) < 4.78 is 49.4. The van der Waals surface area contributed by atoms with Crippen LogP contribution in [0, 0.1) is 0 Å². The molecular formula is C19H21F3N2O4. The molecule has 0 saturated heterocycles. The van der Waals surface area contributed by atoms with Gasteiger partial charge in [-0.2, -0.15) is 13.2 Å². The summed E-state index contributed by atoms with van der Waals surface area (Å²) in [7, 11) is 1.46. The Labute approximate surface area is 160 Å². The standard InChI is InChI=1S/C19H21F3N2O4/c1-11-15(17(25)28-9-8-27-2)16(23-18(26)24(11)14-6-7-14)12-4-3-5-13(10-12)19(20,21)22/h3-5,10,14,16H,6-9H2,1-2H3,(H,23,26). The molecule has 1 aromatic rings. The van der Waals surface area contributed by atoms with Crippen molar-refractivity contribution in [3.05, 3.63) is 46.7 Å². The molecule has 0 bridgehead atoms. The molecule has 0 aromatic heterocycles. The fourth-order valence-electron chi connectivity index (χ4n) is 3.23. The van der Waals surface area contributed by atoms with Gasteiger partial charge in [0, 0.05) is 18.8 Å². The second-order valence-corrected chi connectivity index (χ2v) is 6.73. The van der Waals surface area contributed by atoms with Crippen molar-refractivity contribution in [2.24, 2.45) is 0 Å². The molecule has 152 valence electrons. The summed E-state index contributed by atoms with van der Waals surface area (Å²) in [4.78, 5) is 26.8. The number of carbonyl (C=O) groups excluding carboxylic acids is 2. The van der Waals surface area contributed by atoms with Crippen LogP contribution >= 0.6 is 0 Å². The first-order chi connectivity index (χ1) is 13.2. The van der Waals surface area contributed by atoms with Crippen LogP contribution in [0.2, 0.25) is 0 Å². The van der Waals surface area contributed by atoms with Crippen molar-refractivity contribution in [1.29, 1.82) is 0 Å². The lowest BCUT2D eigenvalue weighted by Crippen LogP contribution is -2.49. The highest BCUT2D eigenvalue weighted by Gasteiger charge is 2.43. The molecule has 2 aliphatic rings. The van der Waals surface area contributed by atoms with Gasteiger partial charge in [0.15, 0.2) is 0 Å². The Bertz CT molecular complexity index is 803. The van der Waals surface area contributed by atoms with Crippen molar-refractivity contribution in [1.82, 2.24) is 10.2 Å². The number of ether oxygens (including phenoxy) is 2. The fourth-order valence-corrected chi connectivity index (χ4v) is 3.23. The number of carbonyl (C=O) groups is 2. The van der Waals surface area contributed by atoms with E-state index < -0.39 is 29.8 Å². The van der Waals surface area contributed by atoms with Crippen LogP contribution in [-0.4, -0.2) is 43.3 Å². The van der Waals surface area contributed by atoms with E-state index in [-0.39, 0.29) is 30.4 Å². The number of esters is 1. The number of nitrogens with zero attached hydrogens (tertiary/aromatic N) is 1. The summed E-state index contributed by atoms with van der Waals surface area (Å²) >= 11 is 0. The average molecular weight is 398 g/mol. The third-order valence-electron chi connectivity index (χ3n) is 4.73. The van der Waals surface area contributed by atoms with E-state index in [1.54, 1.807) is 6.92 Å². The third kappa shape index (κ3) is 4.14. The Hall–Kier alpha value is -2.55. The largest absolute Gasteiger partial charge is 0.460 e. The predicted octanol–water partition coefficient (Wildman–Crippen LogP) is 3.40. The quantitative estimate of drug-likeness (QED) is 0.589. The molecule has 1 saturated carbocycles. The number of alkyl halides is 3. The van der Waals surface area contributed by atoms with Crippen molar-refractivity contribution < 1.29 is 32.2 Å². The van der Waals surface area contributed by atoms with E-state index in [4.69, 9.17) is 9.47 Å². The zero-order valence-electron chi connectivity index (χ0n) is 15.5. The Morgan fingerprint density at radius 2 is 2.00 bits per heavy atom. The van der Waals surface area contributed by atoms with Gasteiger partial charge < -0.3 is 14.8 Å². The molecule has 0 radical (unpaired) electrons. The maximum atomic E-state index is 13.1. The molecule has 1 atom stereocenters. The molecule has 9 heteroatoms.